The van der Waals surface area contributed by atoms with E-state index in [0.717, 1.165) is 6.07 Å². The maximum absolute atomic E-state index is 14.3. The van der Waals surface area contributed by atoms with Crippen LogP contribution in [0.1, 0.15) is 10.4 Å². The Kier molecular flexibility index (Phi) is 5.26. The first kappa shape index (κ1) is 18.3. The summed E-state index contributed by atoms with van der Waals surface area (Å²) in [5, 5.41) is 2.27. The van der Waals surface area contributed by atoms with Crippen LogP contribution in [0, 0.1) is 11.6 Å². The zero-order valence-corrected chi connectivity index (χ0v) is 14.3. The van der Waals surface area contributed by atoms with Gasteiger partial charge in [-0.3, -0.25) is 9.59 Å². The zero-order valence-electron chi connectivity index (χ0n) is 14.3. The van der Waals surface area contributed by atoms with Crippen molar-refractivity contribution in [2.24, 2.45) is 0 Å². The highest BCUT2D eigenvalue weighted by atomic mass is 19.1. The molecule has 136 valence electrons. The van der Waals surface area contributed by atoms with Crippen LogP contribution in [0.15, 0.2) is 66.7 Å². The summed E-state index contributed by atoms with van der Waals surface area (Å²) >= 11 is 0. The molecule has 6 heteroatoms. The SMILES string of the molecule is COc1ccc(C(=O)C(=O)Nc2c(F)cc(F)cc2-c2ccccc2)cc1. The van der Waals surface area contributed by atoms with Crippen LogP contribution >= 0.6 is 0 Å². The smallest absolute Gasteiger partial charge is 0.296 e. The lowest BCUT2D eigenvalue weighted by molar-refractivity contribution is -0.112. The van der Waals surface area contributed by atoms with Gasteiger partial charge in [0.2, 0.25) is 0 Å². The lowest BCUT2D eigenvalue weighted by atomic mass is 10.0. The molecule has 0 radical (unpaired) electrons. The quantitative estimate of drug-likeness (QED) is 0.535. The average molecular weight is 367 g/mol. The molecule has 0 unspecified atom stereocenters. The van der Waals surface area contributed by atoms with Gasteiger partial charge in [0.1, 0.15) is 17.4 Å². The van der Waals surface area contributed by atoms with Crippen LogP contribution in [0.5, 0.6) is 5.75 Å². The second-order valence-corrected chi connectivity index (χ2v) is 5.69. The average Bonchev–Trinajstić information content (AvgIpc) is 2.69. The number of amides is 1. The molecule has 0 aliphatic carbocycles. The summed E-state index contributed by atoms with van der Waals surface area (Å²) in [6, 6.07) is 16.1. The zero-order chi connectivity index (χ0) is 19.4. The van der Waals surface area contributed by atoms with Crippen molar-refractivity contribution in [1.29, 1.82) is 0 Å². The Morgan fingerprint density at radius 2 is 1.59 bits per heavy atom. The van der Waals surface area contributed by atoms with Gasteiger partial charge in [0, 0.05) is 17.2 Å². The third-order valence-corrected chi connectivity index (χ3v) is 3.94. The summed E-state index contributed by atoms with van der Waals surface area (Å²) in [7, 11) is 1.48. The van der Waals surface area contributed by atoms with Crippen molar-refractivity contribution >= 4 is 17.4 Å². The molecule has 4 nitrogen and oxygen atoms in total. The van der Waals surface area contributed by atoms with Gasteiger partial charge in [0.25, 0.3) is 11.7 Å². The van der Waals surface area contributed by atoms with E-state index < -0.39 is 23.3 Å². The molecule has 0 aliphatic rings. The number of ketones is 1. The highest BCUT2D eigenvalue weighted by Crippen LogP contribution is 2.31. The van der Waals surface area contributed by atoms with Crippen LogP contribution in [0.25, 0.3) is 11.1 Å². The number of nitrogens with one attached hydrogen (secondary N) is 1. The number of hydrogen-bond acceptors (Lipinski definition) is 3. The number of rotatable bonds is 5. The van der Waals surface area contributed by atoms with Crippen molar-refractivity contribution < 1.29 is 23.1 Å². The Morgan fingerprint density at radius 1 is 0.926 bits per heavy atom. The number of Topliss-reactive ketones (excluding diaryl/α,β-unsaturated/α-hetero) is 1. The largest absolute Gasteiger partial charge is 0.497 e. The van der Waals surface area contributed by atoms with E-state index in [-0.39, 0.29) is 16.8 Å². The van der Waals surface area contributed by atoms with Crippen molar-refractivity contribution in [2.45, 2.75) is 0 Å². The molecular weight excluding hydrogens is 352 g/mol. The van der Waals surface area contributed by atoms with Crippen LogP contribution in [0.3, 0.4) is 0 Å². The second kappa shape index (κ2) is 7.78. The molecule has 27 heavy (non-hydrogen) atoms. The Morgan fingerprint density at radius 3 is 2.22 bits per heavy atom. The highest BCUT2D eigenvalue weighted by Gasteiger charge is 2.21. The molecular formula is C21H15F2NO3. The first-order valence-electron chi connectivity index (χ1n) is 8.04. The summed E-state index contributed by atoms with van der Waals surface area (Å²) in [6.45, 7) is 0. The number of ether oxygens (including phenoxy) is 1. The van der Waals surface area contributed by atoms with E-state index in [1.165, 1.54) is 31.4 Å². The van der Waals surface area contributed by atoms with Crippen LogP contribution in [-0.2, 0) is 4.79 Å². The van der Waals surface area contributed by atoms with Gasteiger partial charge < -0.3 is 10.1 Å². The molecule has 3 rings (SSSR count). The molecule has 0 spiro atoms. The number of hydrogen-bond donors (Lipinski definition) is 1. The molecule has 0 aliphatic heterocycles. The van der Waals surface area contributed by atoms with Crippen LogP contribution in [0.4, 0.5) is 14.5 Å². The summed E-state index contributed by atoms with van der Waals surface area (Å²) in [5.74, 6) is -3.10. The van der Waals surface area contributed by atoms with Crippen molar-refractivity contribution in [3.63, 3.8) is 0 Å². The third kappa shape index (κ3) is 4.00. The highest BCUT2D eigenvalue weighted by molar-refractivity contribution is 6.46. The van der Waals surface area contributed by atoms with Crippen LogP contribution < -0.4 is 10.1 Å². The molecule has 0 heterocycles. The van der Waals surface area contributed by atoms with E-state index in [0.29, 0.717) is 17.4 Å². The molecule has 3 aromatic rings. The number of benzene rings is 3. The van der Waals surface area contributed by atoms with E-state index in [1.54, 1.807) is 30.3 Å². The first-order valence-corrected chi connectivity index (χ1v) is 8.04. The maximum Gasteiger partial charge on any atom is 0.296 e. The molecule has 1 N–H and O–H groups in total. The van der Waals surface area contributed by atoms with Gasteiger partial charge in [-0.25, -0.2) is 8.78 Å². The van der Waals surface area contributed by atoms with Crippen molar-refractivity contribution in [2.75, 3.05) is 12.4 Å². The van der Waals surface area contributed by atoms with Crippen LogP contribution in [0.2, 0.25) is 0 Å². The summed E-state index contributed by atoms with van der Waals surface area (Å²) < 4.78 is 33.0. The monoisotopic (exact) mass is 367 g/mol. The molecule has 0 fully saturated rings. The fourth-order valence-electron chi connectivity index (χ4n) is 2.59. The van der Waals surface area contributed by atoms with Gasteiger partial charge in [-0.15, -0.1) is 0 Å². The second-order valence-electron chi connectivity index (χ2n) is 5.69. The number of carbonyl (C=O) groups excluding carboxylic acids is 2. The number of methoxy groups -OCH3 is 1. The molecule has 0 saturated carbocycles. The fraction of sp³-hybridized carbons (Fsp3) is 0.0476. The normalized spacial score (nSPS) is 10.3. The Labute approximate surface area is 154 Å². The summed E-state index contributed by atoms with van der Waals surface area (Å²) in [4.78, 5) is 24.7. The maximum atomic E-state index is 14.3. The van der Waals surface area contributed by atoms with E-state index in [2.05, 4.69) is 5.32 Å². The van der Waals surface area contributed by atoms with Crippen molar-refractivity contribution in [3.8, 4) is 16.9 Å². The van der Waals surface area contributed by atoms with Gasteiger partial charge in [-0.05, 0) is 35.9 Å². The van der Waals surface area contributed by atoms with Crippen LogP contribution in [-0.4, -0.2) is 18.8 Å². The molecule has 1 amide bonds. The van der Waals surface area contributed by atoms with Gasteiger partial charge >= 0.3 is 0 Å². The fourth-order valence-corrected chi connectivity index (χ4v) is 2.59. The minimum absolute atomic E-state index is 0.122. The van der Waals surface area contributed by atoms with Crippen molar-refractivity contribution in [1.82, 2.24) is 0 Å². The molecule has 0 bridgehead atoms. The lowest BCUT2D eigenvalue weighted by Crippen LogP contribution is -2.24. The van der Waals surface area contributed by atoms with Crippen molar-refractivity contribution in [3.05, 3.63) is 83.9 Å². The number of halogens is 2. The van der Waals surface area contributed by atoms with E-state index in [4.69, 9.17) is 4.74 Å². The van der Waals surface area contributed by atoms with Gasteiger partial charge in [0.05, 0.1) is 12.8 Å². The predicted molar refractivity (Wildman–Crippen MR) is 97.7 cm³/mol. The van der Waals surface area contributed by atoms with E-state index >= 15 is 0 Å². The van der Waals surface area contributed by atoms with Gasteiger partial charge in [-0.1, -0.05) is 30.3 Å². The van der Waals surface area contributed by atoms with E-state index in [1.807, 2.05) is 0 Å². The molecule has 0 atom stereocenters. The third-order valence-electron chi connectivity index (χ3n) is 3.94. The predicted octanol–water partition coefficient (Wildman–Crippen LogP) is 4.46. The topological polar surface area (TPSA) is 55.4 Å². The van der Waals surface area contributed by atoms with E-state index in [9.17, 15) is 18.4 Å². The summed E-state index contributed by atoms with van der Waals surface area (Å²) in [5.41, 5.74) is 0.513. The Bertz CT molecular complexity index is 986. The lowest BCUT2D eigenvalue weighted by Gasteiger charge is -2.12. The summed E-state index contributed by atoms with van der Waals surface area (Å²) in [6.07, 6.45) is 0. The minimum atomic E-state index is -1.03. The standard InChI is InChI=1S/C21H15F2NO3/c1-27-16-9-7-14(8-10-16)20(25)21(26)24-19-17(11-15(22)12-18(19)23)13-5-3-2-4-6-13/h2-12H,1H3,(H,24,26). The molecule has 3 aromatic carbocycles. The first-order chi connectivity index (χ1) is 13.0. The molecule has 0 saturated heterocycles. The number of anilines is 1. The molecule has 0 aromatic heterocycles. The Balaban J connectivity index is 1.92. The van der Waals surface area contributed by atoms with Gasteiger partial charge in [0.15, 0.2) is 0 Å². The minimum Gasteiger partial charge on any atom is -0.497 e. The number of carbonyl (C=O) groups is 2. The Hall–Kier alpha value is -3.54. The van der Waals surface area contributed by atoms with Gasteiger partial charge in [-0.2, -0.15) is 0 Å².